The Morgan fingerprint density at radius 2 is 1.86 bits per heavy atom. The molecule has 3 saturated heterocycles. The van der Waals surface area contributed by atoms with Gasteiger partial charge in [0.2, 0.25) is 0 Å². The van der Waals surface area contributed by atoms with Crippen LogP contribution < -0.4 is 0 Å². The van der Waals surface area contributed by atoms with E-state index >= 15 is 0 Å². The number of nitrogens with zero attached hydrogens (tertiary/aromatic N) is 2. The first-order chi connectivity index (χ1) is 6.86. The maximum absolute atomic E-state index is 2.61. The van der Waals surface area contributed by atoms with Crippen molar-refractivity contribution >= 4 is 0 Å². The van der Waals surface area contributed by atoms with E-state index in [1.54, 1.807) is 5.57 Å². The molecule has 2 heteroatoms. The quantitative estimate of drug-likeness (QED) is 0.589. The molecule has 4 aliphatic rings. The normalized spacial score (nSPS) is 40.3. The molecular weight excluding hydrogens is 172 g/mol. The van der Waals surface area contributed by atoms with E-state index in [-0.39, 0.29) is 0 Å². The summed E-state index contributed by atoms with van der Waals surface area (Å²) in [5.41, 5.74) is 1.65. The van der Waals surface area contributed by atoms with E-state index in [1.807, 2.05) is 0 Å². The van der Waals surface area contributed by atoms with Crippen LogP contribution in [0.25, 0.3) is 0 Å². The minimum absolute atomic E-state index is 1.21. The summed E-state index contributed by atoms with van der Waals surface area (Å²) in [6, 6.07) is 0. The Morgan fingerprint density at radius 3 is 2.43 bits per heavy atom. The smallest absolute Gasteiger partial charge is 0.101 e. The molecule has 0 spiro atoms. The Balaban J connectivity index is 1.70. The van der Waals surface area contributed by atoms with Gasteiger partial charge < -0.3 is 4.48 Å². The van der Waals surface area contributed by atoms with Crippen LogP contribution in [0.2, 0.25) is 0 Å². The molecule has 3 heterocycles. The highest BCUT2D eigenvalue weighted by molar-refractivity contribution is 5.23. The van der Waals surface area contributed by atoms with Crippen molar-refractivity contribution in [2.45, 2.75) is 6.42 Å². The fourth-order valence-corrected chi connectivity index (χ4v) is 3.01. The largest absolute Gasteiger partial charge is 0.317 e. The molecule has 0 aromatic heterocycles. The van der Waals surface area contributed by atoms with Crippen molar-refractivity contribution in [3.63, 3.8) is 0 Å². The van der Waals surface area contributed by atoms with E-state index in [4.69, 9.17) is 0 Å². The van der Waals surface area contributed by atoms with Gasteiger partial charge in [0, 0.05) is 19.6 Å². The molecule has 0 atom stereocenters. The van der Waals surface area contributed by atoms with E-state index in [0.29, 0.717) is 0 Å². The summed E-state index contributed by atoms with van der Waals surface area (Å²) in [4.78, 5) is 2.61. The zero-order chi connectivity index (χ0) is 9.43. The van der Waals surface area contributed by atoms with Gasteiger partial charge >= 0.3 is 0 Å². The molecule has 14 heavy (non-hydrogen) atoms. The van der Waals surface area contributed by atoms with Gasteiger partial charge in [-0.1, -0.05) is 18.2 Å². The highest BCUT2D eigenvalue weighted by atomic mass is 15.4. The van der Waals surface area contributed by atoms with Crippen molar-refractivity contribution in [1.82, 2.24) is 4.90 Å². The van der Waals surface area contributed by atoms with Gasteiger partial charge in [-0.25, -0.2) is 0 Å². The first-order valence-electron chi connectivity index (χ1n) is 5.78. The zero-order valence-corrected chi connectivity index (χ0v) is 8.78. The van der Waals surface area contributed by atoms with E-state index in [2.05, 4.69) is 23.1 Å². The highest BCUT2D eigenvalue weighted by Gasteiger charge is 2.38. The van der Waals surface area contributed by atoms with Gasteiger partial charge in [0.15, 0.2) is 0 Å². The van der Waals surface area contributed by atoms with Crippen LogP contribution in [0, 0.1) is 0 Å². The number of quaternary nitrogens is 1. The highest BCUT2D eigenvalue weighted by Crippen LogP contribution is 2.23. The molecular formula is C12H19N2+. The Morgan fingerprint density at radius 1 is 1.14 bits per heavy atom. The summed E-state index contributed by atoms with van der Waals surface area (Å²) in [5, 5.41) is 0. The van der Waals surface area contributed by atoms with Crippen molar-refractivity contribution in [1.29, 1.82) is 0 Å². The summed E-state index contributed by atoms with van der Waals surface area (Å²) in [6.07, 6.45) is 8.04. The number of hydrogen-bond donors (Lipinski definition) is 0. The summed E-state index contributed by atoms with van der Waals surface area (Å²) in [7, 11) is 0. The van der Waals surface area contributed by atoms with Gasteiger partial charge in [-0.15, -0.1) is 0 Å². The molecule has 0 N–H and O–H groups in total. The average Bonchev–Trinajstić information content (AvgIpc) is 2.72. The average molecular weight is 191 g/mol. The second-order valence-electron chi connectivity index (χ2n) is 4.97. The summed E-state index contributed by atoms with van der Waals surface area (Å²) >= 11 is 0. The summed E-state index contributed by atoms with van der Waals surface area (Å²) in [6.45, 7) is 9.48. The van der Waals surface area contributed by atoms with E-state index in [9.17, 15) is 0 Å². The molecule has 3 fully saturated rings. The number of allylic oxidation sites excluding steroid dienone is 3. The second-order valence-corrected chi connectivity index (χ2v) is 4.97. The molecule has 0 saturated carbocycles. The lowest BCUT2D eigenvalue weighted by atomic mass is 10.1. The monoisotopic (exact) mass is 191 g/mol. The van der Waals surface area contributed by atoms with Crippen LogP contribution in [-0.4, -0.2) is 55.2 Å². The van der Waals surface area contributed by atoms with Crippen LogP contribution in [0.4, 0.5) is 0 Å². The van der Waals surface area contributed by atoms with Crippen LogP contribution in [0.1, 0.15) is 6.42 Å². The molecule has 0 radical (unpaired) electrons. The third-order valence-electron chi connectivity index (χ3n) is 4.06. The fraction of sp³-hybridized carbons (Fsp3) is 0.667. The lowest BCUT2D eigenvalue weighted by Gasteiger charge is -2.50. The third kappa shape index (κ3) is 1.43. The number of piperazine rings is 3. The van der Waals surface area contributed by atoms with Crippen molar-refractivity contribution < 1.29 is 4.48 Å². The van der Waals surface area contributed by atoms with Crippen LogP contribution in [-0.2, 0) is 0 Å². The predicted octanol–water partition coefficient (Wildman–Crippen LogP) is 1.02. The van der Waals surface area contributed by atoms with E-state index in [0.717, 1.165) is 0 Å². The van der Waals surface area contributed by atoms with Gasteiger partial charge in [0.1, 0.15) is 6.54 Å². The van der Waals surface area contributed by atoms with Crippen LogP contribution in [0.15, 0.2) is 23.8 Å². The van der Waals surface area contributed by atoms with Gasteiger partial charge in [-0.3, -0.25) is 4.90 Å². The van der Waals surface area contributed by atoms with Crippen LogP contribution >= 0.6 is 0 Å². The number of fused-ring (bicyclic) bond motifs is 3. The number of hydrogen-bond acceptors (Lipinski definition) is 1. The molecule has 3 aliphatic heterocycles. The van der Waals surface area contributed by atoms with E-state index < -0.39 is 0 Å². The summed E-state index contributed by atoms with van der Waals surface area (Å²) in [5.74, 6) is 0. The van der Waals surface area contributed by atoms with Crippen molar-refractivity contribution in [3.05, 3.63) is 23.8 Å². The molecule has 0 aromatic rings. The van der Waals surface area contributed by atoms with Crippen molar-refractivity contribution in [2.24, 2.45) is 0 Å². The minimum Gasteiger partial charge on any atom is -0.317 e. The van der Waals surface area contributed by atoms with E-state index in [1.165, 1.54) is 56.7 Å². The first kappa shape index (κ1) is 8.69. The molecule has 2 bridgehead atoms. The standard InChI is InChI=1S/C12H19N2/c1-2-4-12(3-1)11-14-8-5-13(6-9-14)7-10-14/h1-3H,4-11H2/q+1. The number of rotatable bonds is 2. The maximum Gasteiger partial charge on any atom is 0.101 e. The zero-order valence-electron chi connectivity index (χ0n) is 8.78. The van der Waals surface area contributed by atoms with Gasteiger partial charge in [0.05, 0.1) is 19.6 Å². The van der Waals surface area contributed by atoms with Crippen molar-refractivity contribution in [2.75, 3.05) is 45.8 Å². The van der Waals surface area contributed by atoms with Crippen LogP contribution in [0.5, 0.6) is 0 Å². The Labute approximate surface area is 86.1 Å². The lowest BCUT2D eigenvalue weighted by Crippen LogP contribution is -2.67. The molecule has 2 nitrogen and oxygen atoms in total. The molecule has 4 rings (SSSR count). The van der Waals surface area contributed by atoms with Gasteiger partial charge in [-0.05, 0) is 12.0 Å². The topological polar surface area (TPSA) is 3.24 Å². The van der Waals surface area contributed by atoms with Gasteiger partial charge in [0.25, 0.3) is 0 Å². The third-order valence-corrected chi connectivity index (χ3v) is 4.06. The second kappa shape index (κ2) is 3.21. The molecule has 1 aliphatic carbocycles. The first-order valence-corrected chi connectivity index (χ1v) is 5.78. The SMILES string of the molecule is C1=CCC(C[N+]23CCN(CC2)CC3)=C1. The fourth-order valence-electron chi connectivity index (χ4n) is 3.01. The Bertz CT molecular complexity index is 269. The lowest BCUT2D eigenvalue weighted by molar-refractivity contribution is -0.936. The Kier molecular flexibility index (Phi) is 1.99. The molecule has 76 valence electrons. The maximum atomic E-state index is 2.61. The van der Waals surface area contributed by atoms with Gasteiger partial charge in [-0.2, -0.15) is 0 Å². The predicted molar refractivity (Wildman–Crippen MR) is 58.0 cm³/mol. The summed E-state index contributed by atoms with van der Waals surface area (Å²) < 4.78 is 1.38. The van der Waals surface area contributed by atoms with Crippen LogP contribution in [0.3, 0.4) is 0 Å². The molecule has 0 aromatic carbocycles. The minimum atomic E-state index is 1.21. The molecule has 0 amide bonds. The Hall–Kier alpha value is -0.600. The molecule has 0 unspecified atom stereocenters. The van der Waals surface area contributed by atoms with Crippen molar-refractivity contribution in [3.8, 4) is 0 Å².